The molecular formula is C61H40N4O. The van der Waals surface area contributed by atoms with Crippen molar-refractivity contribution in [2.45, 2.75) is 5.92 Å². The van der Waals surface area contributed by atoms with Crippen LogP contribution < -0.4 is 9.31 Å². The molecule has 0 N–H and O–H groups in total. The Morgan fingerprint density at radius 2 is 1.00 bits per heavy atom. The zero-order chi connectivity index (χ0) is 43.6. The first-order valence-electron chi connectivity index (χ1n) is 22.4. The molecule has 4 heterocycles. The number of hydrogen-bond donors (Lipinski definition) is 0. The third kappa shape index (κ3) is 6.16. The van der Waals surface area contributed by atoms with Gasteiger partial charge in [-0.1, -0.05) is 152 Å². The first-order valence-corrected chi connectivity index (χ1v) is 22.4. The summed E-state index contributed by atoms with van der Waals surface area (Å²) in [4.78, 5) is 4.73. The average Bonchev–Trinajstić information content (AvgIpc) is 4.05. The van der Waals surface area contributed by atoms with Gasteiger partial charge >= 0.3 is 0 Å². The molecule has 0 spiro atoms. The Hall–Kier alpha value is -8.80. The van der Waals surface area contributed by atoms with Crippen molar-refractivity contribution in [3.63, 3.8) is 0 Å². The second-order valence-electron chi connectivity index (χ2n) is 16.8. The van der Waals surface area contributed by atoms with Gasteiger partial charge in [0.25, 0.3) is 0 Å². The van der Waals surface area contributed by atoms with E-state index in [4.69, 9.17) is 9.72 Å². The van der Waals surface area contributed by atoms with Gasteiger partial charge in [-0.15, -0.1) is 0 Å². The Bertz CT molecular complexity index is 3730. The van der Waals surface area contributed by atoms with Crippen molar-refractivity contribution in [3.8, 4) is 45.3 Å². The number of rotatable bonds is 8. The van der Waals surface area contributed by atoms with Crippen molar-refractivity contribution >= 4 is 61.2 Å². The summed E-state index contributed by atoms with van der Waals surface area (Å²) < 4.78 is 13.7. The van der Waals surface area contributed by atoms with Crippen molar-refractivity contribution in [2.75, 3.05) is 0 Å². The fourth-order valence-corrected chi connectivity index (χ4v) is 10.1. The van der Waals surface area contributed by atoms with Crippen molar-refractivity contribution in [3.05, 3.63) is 248 Å². The normalized spacial score (nSPS) is 13.4. The van der Waals surface area contributed by atoms with Crippen molar-refractivity contribution in [1.82, 2.24) is 18.7 Å². The predicted molar refractivity (Wildman–Crippen MR) is 271 cm³/mol. The van der Waals surface area contributed by atoms with E-state index in [0.29, 0.717) is 0 Å². The summed E-state index contributed by atoms with van der Waals surface area (Å²) in [5.74, 6) is 2.22. The lowest BCUT2D eigenvalue weighted by molar-refractivity contribution is 0.482. The van der Waals surface area contributed by atoms with Gasteiger partial charge in [-0.05, 0) is 106 Å². The third-order valence-corrected chi connectivity index (χ3v) is 13.0. The number of ether oxygens (including phenoxy) is 1. The monoisotopic (exact) mass is 844 g/mol. The molecule has 310 valence electrons. The van der Waals surface area contributed by atoms with E-state index in [-0.39, 0.29) is 5.92 Å². The van der Waals surface area contributed by atoms with Crippen LogP contribution >= 0.6 is 0 Å². The molecule has 66 heavy (non-hydrogen) atoms. The zero-order valence-corrected chi connectivity index (χ0v) is 35.8. The molecule has 3 aromatic heterocycles. The van der Waals surface area contributed by atoms with E-state index < -0.39 is 0 Å². The Morgan fingerprint density at radius 1 is 0.439 bits per heavy atom. The number of aromatic nitrogens is 3. The van der Waals surface area contributed by atoms with E-state index in [1.54, 1.807) is 0 Å². The summed E-state index contributed by atoms with van der Waals surface area (Å²) in [7, 11) is 0. The highest BCUT2D eigenvalue weighted by Gasteiger charge is 2.30. The molecule has 5 heteroatoms. The number of pyridine rings is 1. The van der Waals surface area contributed by atoms with Gasteiger partial charge in [0.2, 0.25) is 0 Å². The van der Waals surface area contributed by atoms with Crippen LogP contribution in [0.25, 0.3) is 77.4 Å². The van der Waals surface area contributed by atoms with Crippen LogP contribution in [0.3, 0.4) is 0 Å². The summed E-state index contributed by atoms with van der Waals surface area (Å²) in [6.07, 6.45) is 5.88. The van der Waals surface area contributed by atoms with Gasteiger partial charge in [-0.3, -0.25) is 4.57 Å². The topological polar surface area (TPSA) is 35.0 Å². The lowest BCUT2D eigenvalue weighted by Crippen LogP contribution is -2.08. The van der Waals surface area contributed by atoms with Gasteiger partial charge in [-0.2, -0.15) is 0 Å². The molecule has 0 fully saturated rings. The Kier molecular flexibility index (Phi) is 8.84. The molecule has 0 bridgehead atoms. The smallest absolute Gasteiger partial charge is 0.137 e. The number of hydrogen-bond acceptors (Lipinski definition) is 2. The minimum atomic E-state index is -0.164. The van der Waals surface area contributed by atoms with Gasteiger partial charge in [0.05, 0.1) is 22.1 Å². The summed E-state index contributed by atoms with van der Waals surface area (Å²) in [5, 5.41) is 4.79. The molecular weight excluding hydrogens is 805 g/mol. The summed E-state index contributed by atoms with van der Waals surface area (Å²) >= 11 is 0. The van der Waals surface area contributed by atoms with Gasteiger partial charge in [0.1, 0.15) is 34.9 Å². The van der Waals surface area contributed by atoms with E-state index in [9.17, 15) is 0 Å². The number of nitrogens with zero attached hydrogens (tertiary/aromatic N) is 4. The van der Waals surface area contributed by atoms with Crippen LogP contribution in [0, 0.1) is 0 Å². The van der Waals surface area contributed by atoms with Gasteiger partial charge in [0.15, 0.2) is 0 Å². The number of benzene rings is 9. The van der Waals surface area contributed by atoms with E-state index in [2.05, 4.69) is 226 Å². The number of fused-ring (bicyclic) bond motifs is 7. The van der Waals surface area contributed by atoms with Crippen LogP contribution in [0.15, 0.2) is 237 Å². The van der Waals surface area contributed by atoms with E-state index in [0.717, 1.165) is 78.6 Å². The highest BCUT2D eigenvalue weighted by Crippen LogP contribution is 2.48. The molecule has 0 aliphatic carbocycles. The second-order valence-corrected chi connectivity index (χ2v) is 16.8. The SMILES string of the molecule is [C-]1=[N+](c2c(-c3ccccc3)cc(-n3c4ccccc4c4ccccc43)cc2-c2ccccc2)c2ccccc2C1c1cccc(Oc2ccc3c4ccccc4n(-c4ccccn4)c3c2)c1. The average molecular weight is 845 g/mol. The standard InChI is InChI=1S/C61H40N4O/c1-3-18-41(19-4-1)52-37-44(64-56-29-12-8-24-47(56)48-25-9-13-30-57(48)64)38-53(42-20-5-2-6-21-42)61(52)63-40-54(50-27-7-11-28-55(50)63)43-22-17-23-45(36-43)66-46-33-34-51-49-26-10-14-31-58(49)65(59(51)39-46)60-32-15-16-35-62-60/h1-39,54H. The van der Waals surface area contributed by atoms with Crippen LogP contribution in [-0.4, -0.2) is 20.3 Å². The molecule has 1 atom stereocenters. The first-order chi connectivity index (χ1) is 32.7. The molecule has 0 saturated heterocycles. The molecule has 13 rings (SSSR count). The molecule has 12 aromatic rings. The maximum absolute atomic E-state index is 6.76. The summed E-state index contributed by atoms with van der Waals surface area (Å²) in [6, 6.07) is 81.8. The largest absolute Gasteiger partial charge is 0.457 e. The minimum Gasteiger partial charge on any atom is -0.457 e. The van der Waals surface area contributed by atoms with Gasteiger partial charge < -0.3 is 13.9 Å². The predicted octanol–water partition coefficient (Wildman–Crippen LogP) is 15.3. The molecule has 1 aliphatic rings. The Morgan fingerprint density at radius 3 is 1.65 bits per heavy atom. The van der Waals surface area contributed by atoms with Gasteiger partial charge in [-0.25, -0.2) is 4.98 Å². The van der Waals surface area contributed by atoms with Crippen LogP contribution in [0.2, 0.25) is 0 Å². The van der Waals surface area contributed by atoms with Crippen LogP contribution in [0.1, 0.15) is 17.0 Å². The van der Waals surface area contributed by atoms with Crippen molar-refractivity contribution in [2.24, 2.45) is 0 Å². The second kappa shape index (κ2) is 15.5. The zero-order valence-electron chi connectivity index (χ0n) is 35.8. The first kappa shape index (κ1) is 37.7. The van der Waals surface area contributed by atoms with Crippen molar-refractivity contribution in [1.29, 1.82) is 0 Å². The fourth-order valence-electron chi connectivity index (χ4n) is 10.1. The number of para-hydroxylation sites is 4. The minimum absolute atomic E-state index is 0.164. The maximum Gasteiger partial charge on any atom is 0.137 e. The maximum atomic E-state index is 6.76. The summed E-state index contributed by atoms with van der Waals surface area (Å²) in [6.45, 7) is 0. The Balaban J connectivity index is 0.968. The van der Waals surface area contributed by atoms with E-state index in [1.807, 2.05) is 30.5 Å². The quantitative estimate of drug-likeness (QED) is 0.113. The lowest BCUT2D eigenvalue weighted by Gasteiger charge is -2.22. The molecule has 9 aromatic carbocycles. The molecule has 1 unspecified atom stereocenters. The molecule has 5 nitrogen and oxygen atoms in total. The highest BCUT2D eigenvalue weighted by atomic mass is 16.5. The van der Waals surface area contributed by atoms with Crippen LogP contribution in [0.5, 0.6) is 11.5 Å². The van der Waals surface area contributed by atoms with E-state index in [1.165, 1.54) is 32.8 Å². The fraction of sp³-hybridized carbons (Fsp3) is 0.0164. The van der Waals surface area contributed by atoms with Crippen LogP contribution in [-0.2, 0) is 0 Å². The van der Waals surface area contributed by atoms with Gasteiger partial charge in [0, 0.05) is 45.4 Å². The molecule has 1 aliphatic heterocycles. The van der Waals surface area contributed by atoms with Crippen LogP contribution in [0.4, 0.5) is 11.4 Å². The van der Waals surface area contributed by atoms with Crippen molar-refractivity contribution < 1.29 is 4.74 Å². The third-order valence-electron chi connectivity index (χ3n) is 13.0. The molecule has 0 radical (unpaired) electrons. The van der Waals surface area contributed by atoms with E-state index >= 15 is 0 Å². The highest BCUT2D eigenvalue weighted by molar-refractivity contribution is 6.11. The molecule has 0 saturated carbocycles. The lowest BCUT2D eigenvalue weighted by atomic mass is 9.93. The molecule has 0 amide bonds. The Labute approximate surface area is 382 Å². The summed E-state index contributed by atoms with van der Waals surface area (Å²) in [5.41, 5.74) is 14.5.